The summed E-state index contributed by atoms with van der Waals surface area (Å²) < 4.78 is 4.42. The van der Waals surface area contributed by atoms with Gasteiger partial charge in [0.1, 0.15) is 22.6 Å². The third kappa shape index (κ3) is 36.8. The number of anilines is 2. The minimum absolute atomic E-state index is 0. The zero-order valence-electron chi connectivity index (χ0n) is 37.4. The number of benzene rings is 2. The fraction of sp³-hybridized carbons (Fsp3) is 0.472. The van der Waals surface area contributed by atoms with Crippen LogP contribution in [0.4, 0.5) is 11.4 Å². The molecule has 0 heterocycles. The van der Waals surface area contributed by atoms with Crippen molar-refractivity contribution in [3.8, 4) is 11.5 Å². The first-order chi connectivity index (χ1) is 30.0. The van der Waals surface area contributed by atoms with Crippen LogP contribution in [0.3, 0.4) is 0 Å². The van der Waals surface area contributed by atoms with E-state index in [1.54, 1.807) is 0 Å². The predicted molar refractivity (Wildman–Crippen MR) is 267 cm³/mol. The highest BCUT2D eigenvalue weighted by molar-refractivity contribution is 5.95. The number of aliphatic carboxylic acids is 1. The first-order valence-electron chi connectivity index (χ1n) is 22.1. The first kappa shape index (κ1) is 62.5. The van der Waals surface area contributed by atoms with Gasteiger partial charge in [-0.25, -0.2) is 9.59 Å². The summed E-state index contributed by atoms with van der Waals surface area (Å²) in [5.41, 5.74) is 6.06. The van der Waals surface area contributed by atoms with Crippen molar-refractivity contribution in [2.45, 2.75) is 157 Å². The Kier molecular flexibility index (Phi) is 42.7. The number of hydrogen-bond acceptors (Lipinski definition) is 8. The maximum atomic E-state index is 12.0. The molecular formula is C53H82N2O9. The lowest BCUT2D eigenvalue weighted by Gasteiger charge is -2.07. The number of allylic oxidation sites excluding steroid dienone is 12. The van der Waals surface area contributed by atoms with E-state index in [4.69, 9.17) is 15.9 Å². The number of nitrogens with one attached hydrogen (secondary N) is 1. The SMILES string of the molecule is C.C.CC/C=C\C/C=C\C/C=C\CCCCCCCC(=O)Nc1ccc(O)c(C(=O)O)c1.CC/C=C\C/C=C\C/C=C\CCCCCCCC(=O)O.COC(=O)c1cc(N)ccc1O. The number of aromatic carboxylic acids is 1. The normalized spacial score (nSPS) is 11.0. The van der Waals surface area contributed by atoms with E-state index in [0.717, 1.165) is 103 Å². The van der Waals surface area contributed by atoms with Gasteiger partial charge in [0.25, 0.3) is 0 Å². The van der Waals surface area contributed by atoms with E-state index < -0.39 is 17.9 Å². The largest absolute Gasteiger partial charge is 0.507 e. The van der Waals surface area contributed by atoms with Crippen LogP contribution < -0.4 is 11.1 Å². The fourth-order valence-electron chi connectivity index (χ4n) is 5.64. The van der Waals surface area contributed by atoms with Gasteiger partial charge in [-0.2, -0.15) is 0 Å². The molecule has 0 spiro atoms. The Balaban J connectivity index is -0.000000942. The second kappa shape index (κ2) is 43.8. The molecule has 0 saturated heterocycles. The molecule has 1 amide bonds. The van der Waals surface area contributed by atoms with E-state index in [1.807, 2.05) is 0 Å². The molecular weight excluding hydrogens is 809 g/mol. The van der Waals surface area contributed by atoms with Crippen molar-refractivity contribution in [3.05, 3.63) is 120 Å². The summed E-state index contributed by atoms with van der Waals surface area (Å²) in [6.07, 6.45) is 46.4. The number of carbonyl (C=O) groups is 4. The smallest absolute Gasteiger partial charge is 0.341 e. The zero-order valence-corrected chi connectivity index (χ0v) is 37.4. The molecule has 2 aromatic carbocycles. The number of ether oxygens (including phenoxy) is 1. The van der Waals surface area contributed by atoms with Gasteiger partial charge in [0.2, 0.25) is 5.91 Å². The summed E-state index contributed by atoms with van der Waals surface area (Å²) in [6.45, 7) is 4.29. The van der Waals surface area contributed by atoms with Crippen molar-refractivity contribution in [3.63, 3.8) is 0 Å². The van der Waals surface area contributed by atoms with Crippen molar-refractivity contribution in [1.82, 2.24) is 0 Å². The molecule has 2 aromatic rings. The molecule has 0 aliphatic heterocycles. The van der Waals surface area contributed by atoms with Crippen LogP contribution in [-0.2, 0) is 14.3 Å². The minimum Gasteiger partial charge on any atom is -0.507 e. The molecule has 0 bridgehead atoms. The Morgan fingerprint density at radius 1 is 0.562 bits per heavy atom. The van der Waals surface area contributed by atoms with Crippen molar-refractivity contribution in [2.75, 3.05) is 18.2 Å². The Labute approximate surface area is 385 Å². The standard InChI is InChI=1S/C25H35NO4.C18H30O2.C8H9NO3.2CH4/c1-2-3-4-5-6-7-8-9-10-11-12-13-14-15-16-17-24(28)26-21-18-19-23(27)22(20-21)25(29)30;1-2-3-4-5-6-7-8-9-10-11-12-13-14-15-16-17-18(19)20;1-12-8(11)6-4-5(9)2-3-7(6)10;;/h3-4,6-7,9-10,18-20,27H,2,5,8,11-17H2,1H3,(H,26,28)(H,29,30);3-4,6-7,9-10H,2,5,8,11-17H2,1H3,(H,19,20);2-4,10H,9H2,1H3;2*1H4/b2*4-3-,7-6-,10-9-;;;. The third-order valence-electron chi connectivity index (χ3n) is 9.03. The lowest BCUT2D eigenvalue weighted by atomic mass is 10.1. The first-order valence-corrected chi connectivity index (χ1v) is 22.1. The Bertz CT molecular complexity index is 1720. The molecule has 7 N–H and O–H groups in total. The van der Waals surface area contributed by atoms with Crippen molar-refractivity contribution >= 4 is 35.2 Å². The molecule has 0 radical (unpaired) electrons. The van der Waals surface area contributed by atoms with E-state index in [-0.39, 0.29) is 43.4 Å². The summed E-state index contributed by atoms with van der Waals surface area (Å²) in [5.74, 6) is -3.08. The van der Waals surface area contributed by atoms with Gasteiger partial charge < -0.3 is 36.2 Å². The van der Waals surface area contributed by atoms with Crippen molar-refractivity contribution in [1.29, 1.82) is 0 Å². The van der Waals surface area contributed by atoms with Crippen LogP contribution in [0.15, 0.2) is 109 Å². The van der Waals surface area contributed by atoms with Crippen LogP contribution >= 0.6 is 0 Å². The Morgan fingerprint density at radius 2 is 0.984 bits per heavy atom. The molecule has 0 aromatic heterocycles. The van der Waals surface area contributed by atoms with Gasteiger partial charge in [-0.1, -0.05) is 140 Å². The quantitative estimate of drug-likeness (QED) is 0.0150. The zero-order chi connectivity index (χ0) is 46.1. The number of hydrogen-bond donors (Lipinski definition) is 6. The molecule has 0 fully saturated rings. The number of carbonyl (C=O) groups excluding carboxylic acids is 2. The van der Waals surface area contributed by atoms with Crippen LogP contribution in [0.2, 0.25) is 0 Å². The number of nitrogens with two attached hydrogens (primary N) is 1. The van der Waals surface area contributed by atoms with Crippen molar-refractivity contribution < 1.29 is 44.3 Å². The molecule has 64 heavy (non-hydrogen) atoms. The lowest BCUT2D eigenvalue weighted by molar-refractivity contribution is -0.137. The number of methoxy groups -OCH3 is 1. The fourth-order valence-corrected chi connectivity index (χ4v) is 5.64. The molecule has 358 valence electrons. The average Bonchev–Trinajstić information content (AvgIpc) is 3.25. The summed E-state index contributed by atoms with van der Waals surface area (Å²) in [7, 11) is 1.24. The van der Waals surface area contributed by atoms with Gasteiger partial charge in [-0.15, -0.1) is 0 Å². The summed E-state index contributed by atoms with van der Waals surface area (Å²) in [4.78, 5) is 44.2. The van der Waals surface area contributed by atoms with Crippen LogP contribution in [0.1, 0.15) is 178 Å². The number of rotatable bonds is 29. The molecule has 0 atom stereocenters. The predicted octanol–water partition coefficient (Wildman–Crippen LogP) is 14.3. The molecule has 0 unspecified atom stereocenters. The minimum atomic E-state index is -1.23. The highest BCUT2D eigenvalue weighted by Crippen LogP contribution is 2.22. The summed E-state index contributed by atoms with van der Waals surface area (Å²) >= 11 is 0. The lowest BCUT2D eigenvalue weighted by Crippen LogP contribution is -2.11. The van der Waals surface area contributed by atoms with Crippen LogP contribution in [0, 0.1) is 0 Å². The van der Waals surface area contributed by atoms with E-state index in [9.17, 15) is 29.4 Å². The average molecular weight is 891 g/mol. The van der Waals surface area contributed by atoms with Crippen LogP contribution in [0.25, 0.3) is 0 Å². The maximum absolute atomic E-state index is 12.0. The number of unbranched alkanes of at least 4 members (excludes halogenated alkanes) is 10. The number of nitrogen functional groups attached to an aromatic ring is 1. The van der Waals surface area contributed by atoms with Gasteiger partial charge >= 0.3 is 17.9 Å². The molecule has 2 rings (SSSR count). The monoisotopic (exact) mass is 891 g/mol. The number of phenols is 2. The number of carboxylic acid groups (broad SMARTS) is 2. The molecule has 11 nitrogen and oxygen atoms in total. The Morgan fingerprint density at radius 3 is 1.45 bits per heavy atom. The maximum Gasteiger partial charge on any atom is 0.341 e. The highest BCUT2D eigenvalue weighted by atomic mass is 16.5. The van der Waals surface area contributed by atoms with E-state index in [1.165, 1.54) is 56.3 Å². The number of phenolic OH excluding ortho intramolecular Hbond substituents is 1. The summed E-state index contributed by atoms with van der Waals surface area (Å²) in [6, 6.07) is 8.24. The van der Waals surface area contributed by atoms with Crippen LogP contribution in [-0.4, -0.2) is 51.4 Å². The molecule has 0 saturated carbocycles. The van der Waals surface area contributed by atoms with E-state index in [0.29, 0.717) is 24.2 Å². The van der Waals surface area contributed by atoms with Gasteiger partial charge in [0, 0.05) is 24.2 Å². The van der Waals surface area contributed by atoms with E-state index >= 15 is 0 Å². The highest BCUT2D eigenvalue weighted by Gasteiger charge is 2.12. The number of carboxylic acids is 2. The molecule has 0 aliphatic carbocycles. The number of amides is 1. The summed E-state index contributed by atoms with van der Waals surface area (Å²) in [5, 5.41) is 38.8. The number of aromatic hydroxyl groups is 2. The Hall–Kier alpha value is -5.84. The second-order valence-electron chi connectivity index (χ2n) is 14.4. The third-order valence-corrected chi connectivity index (χ3v) is 9.03. The van der Waals surface area contributed by atoms with E-state index in [2.05, 4.69) is 96.8 Å². The second-order valence-corrected chi connectivity index (χ2v) is 14.4. The molecule has 11 heteroatoms. The number of esters is 1. The molecule has 0 aliphatic rings. The van der Waals surface area contributed by atoms with Crippen LogP contribution in [0.5, 0.6) is 11.5 Å². The van der Waals surface area contributed by atoms with Crippen molar-refractivity contribution in [2.24, 2.45) is 0 Å². The van der Waals surface area contributed by atoms with Gasteiger partial charge in [-0.3, -0.25) is 9.59 Å². The van der Waals surface area contributed by atoms with Gasteiger partial charge in [0.15, 0.2) is 0 Å². The topological polar surface area (TPSA) is 196 Å². The van der Waals surface area contributed by atoms with Gasteiger partial charge in [-0.05, 0) is 113 Å². The van der Waals surface area contributed by atoms with Gasteiger partial charge in [0.05, 0.1) is 7.11 Å².